The van der Waals surface area contributed by atoms with Crippen LogP contribution in [0.3, 0.4) is 0 Å². The Morgan fingerprint density at radius 2 is 1.71 bits per heavy atom. The Balaban J connectivity index is 1.66. The van der Waals surface area contributed by atoms with Crippen molar-refractivity contribution in [2.24, 2.45) is 7.05 Å². The van der Waals surface area contributed by atoms with E-state index in [9.17, 15) is 4.79 Å². The smallest absolute Gasteiger partial charge is 0.255 e. The number of hydrogen-bond acceptors (Lipinski definition) is 3. The third kappa shape index (κ3) is 3.32. The van der Waals surface area contributed by atoms with Gasteiger partial charge in [0.15, 0.2) is 0 Å². The van der Waals surface area contributed by atoms with Crippen LogP contribution in [0.4, 0.5) is 0 Å². The van der Waals surface area contributed by atoms with Crippen LogP contribution in [0, 0.1) is 6.92 Å². The van der Waals surface area contributed by atoms with Crippen LogP contribution in [0.25, 0.3) is 5.69 Å². The van der Waals surface area contributed by atoms with Crippen molar-refractivity contribution >= 4 is 5.91 Å². The summed E-state index contributed by atoms with van der Waals surface area (Å²) in [6.45, 7) is 1.90. The fourth-order valence-electron chi connectivity index (χ4n) is 3.27. The van der Waals surface area contributed by atoms with Crippen LogP contribution in [-0.4, -0.2) is 25.2 Å². The Labute approximate surface area is 163 Å². The topological polar surface area (TPSA) is 64.7 Å². The molecule has 0 bridgehead atoms. The lowest BCUT2D eigenvalue weighted by molar-refractivity contribution is 0.0940. The molecule has 1 N–H and O–H groups in total. The summed E-state index contributed by atoms with van der Waals surface area (Å²) in [7, 11) is 1.92. The Morgan fingerprint density at radius 3 is 2.36 bits per heavy atom. The minimum Gasteiger partial charge on any atom is -0.338 e. The monoisotopic (exact) mass is 371 g/mol. The van der Waals surface area contributed by atoms with Crippen LogP contribution >= 0.6 is 0 Å². The summed E-state index contributed by atoms with van der Waals surface area (Å²) in [6.07, 6.45) is 5.21. The number of carbonyl (C=O) groups is 1. The second kappa shape index (κ2) is 7.52. The molecule has 0 saturated carbocycles. The number of carbonyl (C=O) groups excluding carboxylic acids is 1. The Hall–Kier alpha value is -3.67. The second-order valence-corrected chi connectivity index (χ2v) is 6.60. The van der Waals surface area contributed by atoms with Gasteiger partial charge in [0.05, 0.1) is 23.1 Å². The van der Waals surface area contributed by atoms with Crippen LogP contribution in [-0.2, 0) is 7.05 Å². The zero-order chi connectivity index (χ0) is 19.5. The molecule has 0 aliphatic rings. The van der Waals surface area contributed by atoms with Crippen molar-refractivity contribution in [2.45, 2.75) is 13.0 Å². The van der Waals surface area contributed by atoms with Gasteiger partial charge in [-0.25, -0.2) is 9.67 Å². The van der Waals surface area contributed by atoms with E-state index in [1.807, 2.05) is 85.4 Å². The molecule has 2 aromatic heterocycles. The van der Waals surface area contributed by atoms with E-state index in [2.05, 4.69) is 15.4 Å². The predicted molar refractivity (Wildman–Crippen MR) is 107 cm³/mol. The van der Waals surface area contributed by atoms with E-state index < -0.39 is 0 Å². The van der Waals surface area contributed by atoms with Crippen LogP contribution < -0.4 is 5.32 Å². The Bertz CT molecular complexity index is 1080. The lowest BCUT2D eigenvalue weighted by atomic mass is 10.1. The molecule has 0 fully saturated rings. The molecule has 2 heterocycles. The molecular weight excluding hydrogens is 350 g/mol. The molecule has 2 aromatic carbocycles. The first kappa shape index (κ1) is 17.7. The molecule has 140 valence electrons. The number of amides is 1. The SMILES string of the molecule is Cc1c(C(=O)NC(c2ccccc2)c2nccn2C)cnn1-c1ccccc1. The highest BCUT2D eigenvalue weighted by molar-refractivity contribution is 5.95. The summed E-state index contributed by atoms with van der Waals surface area (Å²) in [5, 5.41) is 7.53. The van der Waals surface area contributed by atoms with Gasteiger partial charge >= 0.3 is 0 Å². The lowest BCUT2D eigenvalue weighted by Crippen LogP contribution is -2.31. The number of benzene rings is 2. The molecule has 0 saturated heterocycles. The zero-order valence-corrected chi connectivity index (χ0v) is 15.8. The van der Waals surface area contributed by atoms with Crippen molar-refractivity contribution in [3.05, 3.63) is 102 Å². The molecule has 0 aliphatic carbocycles. The molecule has 1 atom stereocenters. The third-order valence-corrected chi connectivity index (χ3v) is 4.78. The molecule has 28 heavy (non-hydrogen) atoms. The van der Waals surface area contributed by atoms with Gasteiger partial charge in [-0.15, -0.1) is 0 Å². The zero-order valence-electron chi connectivity index (χ0n) is 15.8. The van der Waals surface area contributed by atoms with Gasteiger partial charge in [-0.3, -0.25) is 4.79 Å². The summed E-state index contributed by atoms with van der Waals surface area (Å²) in [5.41, 5.74) is 3.22. The van der Waals surface area contributed by atoms with E-state index in [1.165, 1.54) is 0 Å². The van der Waals surface area contributed by atoms with Crippen molar-refractivity contribution in [2.75, 3.05) is 0 Å². The van der Waals surface area contributed by atoms with Gasteiger partial charge in [-0.1, -0.05) is 48.5 Å². The highest BCUT2D eigenvalue weighted by atomic mass is 16.1. The van der Waals surface area contributed by atoms with Gasteiger partial charge in [0, 0.05) is 19.4 Å². The summed E-state index contributed by atoms with van der Waals surface area (Å²) in [5.74, 6) is 0.587. The summed E-state index contributed by atoms with van der Waals surface area (Å²) in [6, 6.07) is 19.2. The molecule has 0 aliphatic heterocycles. The first-order valence-corrected chi connectivity index (χ1v) is 9.08. The molecular formula is C22H21N5O. The van der Waals surface area contributed by atoms with Gasteiger partial charge in [-0.2, -0.15) is 5.10 Å². The highest BCUT2D eigenvalue weighted by Crippen LogP contribution is 2.22. The molecule has 0 spiro atoms. The van der Waals surface area contributed by atoms with E-state index in [4.69, 9.17) is 0 Å². The number of rotatable bonds is 5. The fourth-order valence-corrected chi connectivity index (χ4v) is 3.27. The fraction of sp³-hybridized carbons (Fsp3) is 0.136. The average Bonchev–Trinajstić information content (AvgIpc) is 3.33. The number of aryl methyl sites for hydroxylation is 1. The van der Waals surface area contributed by atoms with Crippen molar-refractivity contribution in [3.8, 4) is 5.69 Å². The van der Waals surface area contributed by atoms with Crippen molar-refractivity contribution in [1.82, 2.24) is 24.6 Å². The van der Waals surface area contributed by atoms with Crippen molar-refractivity contribution < 1.29 is 4.79 Å². The molecule has 1 amide bonds. The van der Waals surface area contributed by atoms with Gasteiger partial charge in [0.1, 0.15) is 11.9 Å². The molecule has 1 unspecified atom stereocenters. The summed E-state index contributed by atoms with van der Waals surface area (Å²) >= 11 is 0. The number of imidazole rings is 1. The number of nitrogens with one attached hydrogen (secondary N) is 1. The van der Waals surface area contributed by atoms with E-state index in [-0.39, 0.29) is 11.9 Å². The van der Waals surface area contributed by atoms with Crippen molar-refractivity contribution in [3.63, 3.8) is 0 Å². The normalized spacial score (nSPS) is 11.9. The second-order valence-electron chi connectivity index (χ2n) is 6.60. The van der Waals surface area contributed by atoms with Gasteiger partial charge < -0.3 is 9.88 Å². The molecule has 4 rings (SSSR count). The summed E-state index contributed by atoms with van der Waals surface area (Å²) < 4.78 is 3.69. The Morgan fingerprint density at radius 1 is 1.04 bits per heavy atom. The first-order chi connectivity index (χ1) is 13.6. The van der Waals surface area contributed by atoms with Gasteiger partial charge in [0.25, 0.3) is 5.91 Å². The van der Waals surface area contributed by atoms with Crippen molar-refractivity contribution in [1.29, 1.82) is 0 Å². The highest BCUT2D eigenvalue weighted by Gasteiger charge is 2.23. The van der Waals surface area contributed by atoms with Gasteiger partial charge in [-0.05, 0) is 24.6 Å². The first-order valence-electron chi connectivity index (χ1n) is 9.08. The number of aromatic nitrogens is 4. The van der Waals surface area contributed by atoms with E-state index in [0.29, 0.717) is 5.56 Å². The van der Waals surface area contributed by atoms with Gasteiger partial charge in [0.2, 0.25) is 0 Å². The number of nitrogens with zero attached hydrogens (tertiary/aromatic N) is 4. The summed E-state index contributed by atoms with van der Waals surface area (Å²) in [4.78, 5) is 17.5. The lowest BCUT2D eigenvalue weighted by Gasteiger charge is -2.19. The van der Waals surface area contributed by atoms with Crippen LogP contribution in [0.15, 0.2) is 79.3 Å². The maximum absolute atomic E-state index is 13.1. The molecule has 0 radical (unpaired) electrons. The largest absolute Gasteiger partial charge is 0.338 e. The number of hydrogen-bond donors (Lipinski definition) is 1. The Kier molecular flexibility index (Phi) is 4.76. The predicted octanol–water partition coefficient (Wildman–Crippen LogP) is 3.43. The maximum Gasteiger partial charge on any atom is 0.255 e. The van der Waals surface area contributed by atoms with E-state index in [0.717, 1.165) is 22.8 Å². The molecule has 6 heteroatoms. The standard InChI is InChI=1S/C22H21N5O/c1-16-19(15-24-27(16)18-11-7-4-8-12-18)22(28)25-20(17-9-5-3-6-10-17)21-23-13-14-26(21)2/h3-15,20H,1-2H3,(H,25,28). The minimum absolute atomic E-state index is 0.184. The van der Waals surface area contributed by atoms with E-state index >= 15 is 0 Å². The van der Waals surface area contributed by atoms with Crippen LogP contribution in [0.5, 0.6) is 0 Å². The minimum atomic E-state index is -0.354. The van der Waals surface area contributed by atoms with Crippen LogP contribution in [0.2, 0.25) is 0 Å². The third-order valence-electron chi connectivity index (χ3n) is 4.78. The molecule has 4 aromatic rings. The van der Waals surface area contributed by atoms with Crippen LogP contribution in [0.1, 0.15) is 33.5 Å². The number of para-hydroxylation sites is 1. The van der Waals surface area contributed by atoms with E-state index in [1.54, 1.807) is 17.1 Å². The molecule has 6 nitrogen and oxygen atoms in total. The maximum atomic E-state index is 13.1. The average molecular weight is 371 g/mol. The quantitative estimate of drug-likeness (QED) is 0.584.